The van der Waals surface area contributed by atoms with E-state index < -0.39 is 17.5 Å². The molecule has 0 unspecified atom stereocenters. The summed E-state index contributed by atoms with van der Waals surface area (Å²) in [4.78, 5) is 19.4. The molecule has 0 fully saturated rings. The van der Waals surface area contributed by atoms with Gasteiger partial charge in [0, 0.05) is 42.1 Å². The van der Waals surface area contributed by atoms with Crippen LogP contribution in [0.25, 0.3) is 11.1 Å². The Bertz CT molecular complexity index is 991. The normalized spacial score (nSPS) is 10.7. The smallest absolute Gasteiger partial charge is 0.217 e. The number of nitrogen functional groups attached to an aromatic ring is 1. The standard InChI is InChI=1S/C20H18F2N4O/c21-15-4-2-10-26-18(15)11-14-12(5-6-16(23)20(14)22)13-3-1-9-25-17(13)7-8-19(24)27/h1-6,9-10H,7-8,11,23H2,(H2,24,27). The first-order valence-electron chi connectivity index (χ1n) is 8.36. The second kappa shape index (κ2) is 7.90. The third kappa shape index (κ3) is 4.08. The van der Waals surface area contributed by atoms with Crippen LogP contribution in [-0.4, -0.2) is 15.9 Å². The first-order chi connectivity index (χ1) is 13.0. The number of carbonyl (C=O) groups is 1. The van der Waals surface area contributed by atoms with Crippen LogP contribution in [0.2, 0.25) is 0 Å². The number of rotatable bonds is 6. The highest BCUT2D eigenvalue weighted by molar-refractivity contribution is 5.76. The van der Waals surface area contributed by atoms with Gasteiger partial charge in [-0.2, -0.15) is 0 Å². The number of pyridine rings is 2. The fraction of sp³-hybridized carbons (Fsp3) is 0.150. The van der Waals surface area contributed by atoms with Crippen molar-refractivity contribution in [2.24, 2.45) is 5.73 Å². The molecule has 3 rings (SSSR count). The van der Waals surface area contributed by atoms with Crippen LogP contribution in [0.5, 0.6) is 0 Å². The van der Waals surface area contributed by atoms with Crippen LogP contribution in [0.15, 0.2) is 48.8 Å². The Balaban J connectivity index is 2.11. The van der Waals surface area contributed by atoms with Gasteiger partial charge in [-0.25, -0.2) is 8.78 Å². The summed E-state index contributed by atoms with van der Waals surface area (Å²) in [6, 6.07) is 9.34. The quantitative estimate of drug-likeness (QED) is 0.654. The van der Waals surface area contributed by atoms with Gasteiger partial charge < -0.3 is 11.5 Å². The fourth-order valence-electron chi connectivity index (χ4n) is 2.90. The van der Waals surface area contributed by atoms with E-state index in [-0.39, 0.29) is 29.8 Å². The number of nitrogens with zero attached hydrogens (tertiary/aromatic N) is 2. The Morgan fingerprint density at radius 2 is 1.67 bits per heavy atom. The second-order valence-electron chi connectivity index (χ2n) is 6.07. The number of carbonyl (C=O) groups excluding carboxylic acids is 1. The second-order valence-corrected chi connectivity index (χ2v) is 6.07. The number of nitrogens with two attached hydrogens (primary N) is 2. The molecular weight excluding hydrogens is 350 g/mol. The van der Waals surface area contributed by atoms with Crippen molar-refractivity contribution >= 4 is 11.6 Å². The molecule has 7 heteroatoms. The molecule has 27 heavy (non-hydrogen) atoms. The van der Waals surface area contributed by atoms with Crippen LogP contribution in [0.3, 0.4) is 0 Å². The molecule has 0 saturated carbocycles. The molecule has 0 spiro atoms. The number of halogens is 2. The summed E-state index contributed by atoms with van der Waals surface area (Å²) >= 11 is 0. The van der Waals surface area contributed by atoms with Gasteiger partial charge in [0.15, 0.2) is 0 Å². The Labute approximate surface area is 155 Å². The zero-order chi connectivity index (χ0) is 19.4. The molecule has 0 aliphatic rings. The molecule has 1 aromatic carbocycles. The highest BCUT2D eigenvalue weighted by Crippen LogP contribution is 2.32. The zero-order valence-corrected chi connectivity index (χ0v) is 14.5. The van der Waals surface area contributed by atoms with E-state index in [2.05, 4.69) is 9.97 Å². The van der Waals surface area contributed by atoms with E-state index >= 15 is 0 Å². The minimum absolute atomic E-state index is 0.0346. The van der Waals surface area contributed by atoms with Crippen LogP contribution in [-0.2, 0) is 17.6 Å². The van der Waals surface area contributed by atoms with E-state index in [0.717, 1.165) is 0 Å². The molecule has 0 saturated heterocycles. The average Bonchev–Trinajstić information content (AvgIpc) is 2.66. The van der Waals surface area contributed by atoms with Crippen LogP contribution in [0, 0.1) is 11.6 Å². The lowest BCUT2D eigenvalue weighted by Gasteiger charge is -2.15. The Hall–Kier alpha value is -3.35. The summed E-state index contributed by atoms with van der Waals surface area (Å²) in [5.41, 5.74) is 13.0. The van der Waals surface area contributed by atoms with E-state index in [4.69, 9.17) is 11.5 Å². The molecule has 0 radical (unpaired) electrons. The first kappa shape index (κ1) is 18.4. The van der Waals surface area contributed by atoms with Gasteiger partial charge in [-0.3, -0.25) is 14.8 Å². The fourth-order valence-corrected chi connectivity index (χ4v) is 2.90. The number of hydrogen-bond acceptors (Lipinski definition) is 4. The third-order valence-electron chi connectivity index (χ3n) is 4.24. The molecule has 3 aromatic rings. The maximum absolute atomic E-state index is 14.8. The maximum Gasteiger partial charge on any atom is 0.217 e. The number of aromatic nitrogens is 2. The third-order valence-corrected chi connectivity index (χ3v) is 4.24. The van der Waals surface area contributed by atoms with Crippen molar-refractivity contribution in [2.45, 2.75) is 19.3 Å². The average molecular weight is 368 g/mol. The van der Waals surface area contributed by atoms with Crippen molar-refractivity contribution in [3.63, 3.8) is 0 Å². The lowest BCUT2D eigenvalue weighted by Crippen LogP contribution is -2.12. The molecule has 0 aliphatic carbocycles. The van der Waals surface area contributed by atoms with E-state index in [1.807, 2.05) is 0 Å². The maximum atomic E-state index is 14.8. The topological polar surface area (TPSA) is 94.9 Å². The summed E-state index contributed by atoms with van der Waals surface area (Å²) in [5, 5.41) is 0. The number of hydrogen-bond donors (Lipinski definition) is 2. The largest absolute Gasteiger partial charge is 0.396 e. The molecule has 2 heterocycles. The lowest BCUT2D eigenvalue weighted by molar-refractivity contribution is -0.118. The van der Waals surface area contributed by atoms with Crippen LogP contribution in [0.4, 0.5) is 14.5 Å². The minimum Gasteiger partial charge on any atom is -0.396 e. The molecule has 1 amide bonds. The van der Waals surface area contributed by atoms with Gasteiger partial charge in [-0.1, -0.05) is 12.1 Å². The van der Waals surface area contributed by atoms with E-state index in [0.29, 0.717) is 23.2 Å². The highest BCUT2D eigenvalue weighted by atomic mass is 19.1. The van der Waals surface area contributed by atoms with E-state index in [9.17, 15) is 13.6 Å². The lowest BCUT2D eigenvalue weighted by atomic mass is 9.93. The predicted octanol–water partition coefficient (Wildman–Crippen LogP) is 3.01. The van der Waals surface area contributed by atoms with Crippen LogP contribution < -0.4 is 11.5 Å². The van der Waals surface area contributed by atoms with Gasteiger partial charge in [0.1, 0.15) is 11.6 Å². The molecule has 0 aliphatic heterocycles. The van der Waals surface area contributed by atoms with Gasteiger partial charge in [0.2, 0.25) is 5.91 Å². The zero-order valence-electron chi connectivity index (χ0n) is 14.5. The number of aryl methyl sites for hydroxylation is 1. The number of amides is 1. The minimum atomic E-state index is -0.623. The summed E-state index contributed by atoms with van der Waals surface area (Å²) in [6.07, 6.45) is 3.40. The molecule has 5 nitrogen and oxygen atoms in total. The molecule has 138 valence electrons. The Morgan fingerprint density at radius 1 is 0.963 bits per heavy atom. The summed E-state index contributed by atoms with van der Waals surface area (Å²) in [6.45, 7) is 0. The van der Waals surface area contributed by atoms with Crippen molar-refractivity contribution in [3.05, 3.63) is 77.4 Å². The van der Waals surface area contributed by atoms with Gasteiger partial charge in [-0.15, -0.1) is 0 Å². The molecule has 4 N–H and O–H groups in total. The predicted molar refractivity (Wildman–Crippen MR) is 98.6 cm³/mol. The van der Waals surface area contributed by atoms with Gasteiger partial charge in [0.05, 0.1) is 11.4 Å². The van der Waals surface area contributed by atoms with Gasteiger partial charge >= 0.3 is 0 Å². The number of primary amides is 1. The van der Waals surface area contributed by atoms with Crippen molar-refractivity contribution in [3.8, 4) is 11.1 Å². The number of benzene rings is 1. The molecule has 0 bridgehead atoms. The Morgan fingerprint density at radius 3 is 2.37 bits per heavy atom. The van der Waals surface area contributed by atoms with Gasteiger partial charge in [-0.05, 0) is 36.2 Å². The number of anilines is 1. The monoisotopic (exact) mass is 368 g/mol. The van der Waals surface area contributed by atoms with Gasteiger partial charge in [0.25, 0.3) is 0 Å². The first-order valence-corrected chi connectivity index (χ1v) is 8.36. The molecule has 2 aromatic heterocycles. The summed E-state index contributed by atoms with van der Waals surface area (Å²) in [5.74, 6) is -1.60. The van der Waals surface area contributed by atoms with Crippen molar-refractivity contribution in [1.82, 2.24) is 9.97 Å². The SMILES string of the molecule is NC(=O)CCc1ncccc1-c1ccc(N)c(F)c1Cc1ncccc1F. The van der Waals surface area contributed by atoms with Crippen molar-refractivity contribution in [2.75, 3.05) is 5.73 Å². The molecule has 0 atom stereocenters. The van der Waals surface area contributed by atoms with Crippen molar-refractivity contribution < 1.29 is 13.6 Å². The van der Waals surface area contributed by atoms with E-state index in [1.54, 1.807) is 24.4 Å². The highest BCUT2D eigenvalue weighted by Gasteiger charge is 2.18. The Kier molecular flexibility index (Phi) is 5.40. The van der Waals surface area contributed by atoms with Crippen LogP contribution in [0.1, 0.15) is 23.4 Å². The van der Waals surface area contributed by atoms with Crippen LogP contribution >= 0.6 is 0 Å². The summed E-state index contributed by atoms with van der Waals surface area (Å²) in [7, 11) is 0. The molecular formula is C20H18F2N4O. The van der Waals surface area contributed by atoms with E-state index in [1.165, 1.54) is 24.4 Å². The summed E-state index contributed by atoms with van der Waals surface area (Å²) < 4.78 is 28.9. The van der Waals surface area contributed by atoms with Crippen molar-refractivity contribution in [1.29, 1.82) is 0 Å².